The molecule has 0 atom stereocenters. The van der Waals surface area contributed by atoms with Crippen molar-refractivity contribution in [3.05, 3.63) is 59.9 Å². The first-order valence-electron chi connectivity index (χ1n) is 10.1. The number of nitriles is 1. The van der Waals surface area contributed by atoms with Crippen LogP contribution in [0.15, 0.2) is 48.7 Å². The van der Waals surface area contributed by atoms with Gasteiger partial charge in [-0.25, -0.2) is 0 Å². The van der Waals surface area contributed by atoms with Gasteiger partial charge < -0.3 is 4.74 Å². The second-order valence-corrected chi connectivity index (χ2v) is 7.46. The van der Waals surface area contributed by atoms with Crippen LogP contribution in [0.1, 0.15) is 49.8 Å². The number of fused-ring (bicyclic) bond motifs is 1. The Bertz CT molecular complexity index is 1080. The zero-order valence-corrected chi connectivity index (χ0v) is 16.5. The van der Waals surface area contributed by atoms with Crippen molar-refractivity contribution in [3.63, 3.8) is 0 Å². The Morgan fingerprint density at radius 1 is 1.17 bits per heavy atom. The minimum atomic E-state index is -0.0735. The summed E-state index contributed by atoms with van der Waals surface area (Å²) in [4.78, 5) is 21.6. The molecule has 0 amide bonds. The molecule has 1 aromatic carbocycles. The lowest BCUT2D eigenvalue weighted by Gasteiger charge is -2.27. The summed E-state index contributed by atoms with van der Waals surface area (Å²) < 4.78 is 5.19. The highest BCUT2D eigenvalue weighted by molar-refractivity contribution is 5.91. The van der Waals surface area contributed by atoms with Gasteiger partial charge in [-0.3, -0.25) is 14.8 Å². The molecule has 0 radical (unpaired) electrons. The van der Waals surface area contributed by atoms with Gasteiger partial charge in [0.2, 0.25) is 0 Å². The maximum atomic E-state index is 12.0. The lowest BCUT2D eigenvalue weighted by molar-refractivity contribution is -0.149. The molecule has 1 saturated carbocycles. The van der Waals surface area contributed by atoms with Gasteiger partial charge in [0.25, 0.3) is 0 Å². The molecule has 0 unspecified atom stereocenters. The SMILES string of the molecule is CCOC(=O)C1CCC(c2cc3cccnc3c(-c3cccc(C#N)c3)n2)CC1. The van der Waals surface area contributed by atoms with Crippen LogP contribution in [0.2, 0.25) is 0 Å². The Balaban J connectivity index is 1.68. The van der Waals surface area contributed by atoms with Gasteiger partial charge in [0, 0.05) is 28.8 Å². The molecule has 1 aliphatic carbocycles. The van der Waals surface area contributed by atoms with Gasteiger partial charge in [-0.15, -0.1) is 0 Å². The highest BCUT2D eigenvalue weighted by Gasteiger charge is 2.29. The first-order chi connectivity index (χ1) is 14.2. The summed E-state index contributed by atoms with van der Waals surface area (Å²) in [5.74, 6) is 0.235. The minimum absolute atomic E-state index is 0.0000959. The van der Waals surface area contributed by atoms with Crippen molar-refractivity contribution in [3.8, 4) is 17.3 Å². The first-order valence-corrected chi connectivity index (χ1v) is 10.1. The van der Waals surface area contributed by atoms with Gasteiger partial charge in [-0.05, 0) is 56.9 Å². The number of nitrogens with zero attached hydrogens (tertiary/aromatic N) is 3. The van der Waals surface area contributed by atoms with E-state index >= 15 is 0 Å². The molecular weight excluding hydrogens is 362 g/mol. The minimum Gasteiger partial charge on any atom is -0.466 e. The molecule has 0 spiro atoms. The molecular formula is C24H23N3O2. The number of rotatable bonds is 4. The molecule has 5 heteroatoms. The zero-order valence-electron chi connectivity index (χ0n) is 16.5. The summed E-state index contributed by atoms with van der Waals surface area (Å²) >= 11 is 0. The van der Waals surface area contributed by atoms with Gasteiger partial charge in [-0.1, -0.05) is 18.2 Å². The molecule has 146 valence electrons. The van der Waals surface area contributed by atoms with E-state index in [1.807, 2.05) is 31.2 Å². The highest BCUT2D eigenvalue weighted by Crippen LogP contribution is 2.38. The summed E-state index contributed by atoms with van der Waals surface area (Å²) in [6.45, 7) is 2.28. The molecule has 5 nitrogen and oxygen atoms in total. The Hall–Kier alpha value is -3.26. The third-order valence-corrected chi connectivity index (χ3v) is 5.64. The number of benzene rings is 1. The van der Waals surface area contributed by atoms with E-state index in [1.54, 1.807) is 12.3 Å². The Morgan fingerprint density at radius 3 is 2.76 bits per heavy atom. The maximum Gasteiger partial charge on any atom is 0.308 e. The van der Waals surface area contributed by atoms with Crippen molar-refractivity contribution in [2.75, 3.05) is 6.61 Å². The topological polar surface area (TPSA) is 75.9 Å². The number of esters is 1. The van der Waals surface area contributed by atoms with Crippen molar-refractivity contribution < 1.29 is 9.53 Å². The second-order valence-electron chi connectivity index (χ2n) is 7.46. The van der Waals surface area contributed by atoms with E-state index in [4.69, 9.17) is 9.72 Å². The fourth-order valence-corrected chi connectivity index (χ4v) is 4.14. The zero-order chi connectivity index (χ0) is 20.2. The van der Waals surface area contributed by atoms with Gasteiger partial charge in [-0.2, -0.15) is 5.26 Å². The summed E-state index contributed by atoms with van der Waals surface area (Å²) in [5.41, 5.74) is 4.18. The fourth-order valence-electron chi connectivity index (χ4n) is 4.14. The number of aromatic nitrogens is 2. The molecule has 1 aliphatic rings. The molecule has 2 heterocycles. The average molecular weight is 385 g/mol. The van der Waals surface area contributed by atoms with Crippen LogP contribution in [0.3, 0.4) is 0 Å². The summed E-state index contributed by atoms with van der Waals surface area (Å²) in [7, 11) is 0. The van der Waals surface area contributed by atoms with E-state index in [9.17, 15) is 10.1 Å². The third-order valence-electron chi connectivity index (χ3n) is 5.64. The smallest absolute Gasteiger partial charge is 0.308 e. The Kier molecular flexibility index (Phi) is 5.53. The number of pyridine rings is 2. The molecule has 0 saturated heterocycles. The largest absolute Gasteiger partial charge is 0.466 e. The number of ether oxygens (including phenoxy) is 1. The first kappa shape index (κ1) is 19.1. The molecule has 0 aliphatic heterocycles. The van der Waals surface area contributed by atoms with Crippen molar-refractivity contribution in [2.45, 2.75) is 38.5 Å². The molecule has 1 fully saturated rings. The molecule has 2 aromatic heterocycles. The molecule has 3 aromatic rings. The average Bonchev–Trinajstić information content (AvgIpc) is 2.78. The molecule has 29 heavy (non-hydrogen) atoms. The van der Waals surface area contributed by atoms with Crippen LogP contribution in [0, 0.1) is 17.2 Å². The number of carbonyl (C=O) groups is 1. The summed E-state index contributed by atoms with van der Waals surface area (Å²) in [5, 5.41) is 10.3. The van der Waals surface area contributed by atoms with Crippen LogP contribution < -0.4 is 0 Å². The quantitative estimate of drug-likeness (QED) is 0.590. The standard InChI is InChI=1S/C24H23N3O2/c1-2-29-24(28)18-10-8-17(9-11-18)21-14-20-7-4-12-26-22(20)23(27-21)19-6-3-5-16(13-19)15-25/h3-7,12-14,17-18H,2,8-11H2,1H3. The van der Waals surface area contributed by atoms with E-state index in [0.29, 0.717) is 18.1 Å². The van der Waals surface area contributed by atoms with Crippen LogP contribution in [0.4, 0.5) is 0 Å². The predicted molar refractivity (Wildman–Crippen MR) is 111 cm³/mol. The monoisotopic (exact) mass is 385 g/mol. The predicted octanol–water partition coefficient (Wildman–Crippen LogP) is 5.01. The normalized spacial score (nSPS) is 18.9. The number of carbonyl (C=O) groups excluding carboxylic acids is 1. The van der Waals surface area contributed by atoms with Crippen LogP contribution in [-0.4, -0.2) is 22.5 Å². The van der Waals surface area contributed by atoms with Gasteiger partial charge >= 0.3 is 5.97 Å². The third kappa shape index (κ3) is 3.97. The lowest BCUT2D eigenvalue weighted by atomic mass is 9.80. The van der Waals surface area contributed by atoms with E-state index in [1.165, 1.54) is 0 Å². The van der Waals surface area contributed by atoms with Crippen LogP contribution in [0.25, 0.3) is 22.2 Å². The van der Waals surface area contributed by atoms with E-state index in [-0.39, 0.29) is 11.9 Å². The van der Waals surface area contributed by atoms with Crippen molar-refractivity contribution in [1.29, 1.82) is 5.26 Å². The van der Waals surface area contributed by atoms with Crippen LogP contribution in [-0.2, 0) is 9.53 Å². The van der Waals surface area contributed by atoms with Crippen molar-refractivity contribution in [2.24, 2.45) is 5.92 Å². The Morgan fingerprint density at radius 2 is 2.00 bits per heavy atom. The molecule has 4 rings (SSSR count). The van der Waals surface area contributed by atoms with Crippen LogP contribution in [0.5, 0.6) is 0 Å². The maximum absolute atomic E-state index is 12.0. The van der Waals surface area contributed by atoms with E-state index in [0.717, 1.165) is 53.5 Å². The van der Waals surface area contributed by atoms with E-state index in [2.05, 4.69) is 23.2 Å². The Labute approximate surface area is 170 Å². The summed E-state index contributed by atoms with van der Waals surface area (Å²) in [6, 6.07) is 15.8. The fraction of sp³-hybridized carbons (Fsp3) is 0.333. The van der Waals surface area contributed by atoms with Crippen molar-refractivity contribution >= 4 is 16.9 Å². The molecule has 0 N–H and O–H groups in total. The van der Waals surface area contributed by atoms with E-state index < -0.39 is 0 Å². The highest BCUT2D eigenvalue weighted by atomic mass is 16.5. The van der Waals surface area contributed by atoms with Gasteiger partial charge in [0.1, 0.15) is 0 Å². The molecule has 0 bridgehead atoms. The van der Waals surface area contributed by atoms with Crippen molar-refractivity contribution in [1.82, 2.24) is 9.97 Å². The number of hydrogen-bond acceptors (Lipinski definition) is 5. The summed E-state index contributed by atoms with van der Waals surface area (Å²) in [6.07, 6.45) is 5.26. The van der Waals surface area contributed by atoms with Gasteiger partial charge in [0.05, 0.1) is 35.4 Å². The van der Waals surface area contributed by atoms with Crippen LogP contribution >= 0.6 is 0 Å². The second kappa shape index (κ2) is 8.40. The van der Waals surface area contributed by atoms with Gasteiger partial charge in [0.15, 0.2) is 0 Å². The number of hydrogen-bond donors (Lipinski definition) is 0. The lowest BCUT2D eigenvalue weighted by Crippen LogP contribution is -2.23.